The topological polar surface area (TPSA) is 79.5 Å². The molecule has 0 spiro atoms. The van der Waals surface area contributed by atoms with Gasteiger partial charge in [-0.05, 0) is 24.1 Å². The van der Waals surface area contributed by atoms with Crippen molar-refractivity contribution in [2.45, 2.75) is 13.5 Å². The van der Waals surface area contributed by atoms with Crippen molar-refractivity contribution in [3.8, 4) is 0 Å². The molecular weight excluding hydrogens is 254 g/mol. The number of carboxylic acid groups (broad SMARTS) is 1. The van der Waals surface area contributed by atoms with Crippen LogP contribution in [0, 0.1) is 6.92 Å². The van der Waals surface area contributed by atoms with E-state index in [1.54, 1.807) is 0 Å². The number of hydrogen-bond donors (Lipinski definition) is 2. The summed E-state index contributed by atoms with van der Waals surface area (Å²) in [4.78, 5) is 17.2. The second-order valence-corrected chi connectivity index (χ2v) is 4.73. The van der Waals surface area contributed by atoms with Crippen LogP contribution in [0.2, 0.25) is 0 Å². The first-order chi connectivity index (χ1) is 9.49. The van der Waals surface area contributed by atoms with Crippen LogP contribution in [0.15, 0.2) is 36.5 Å². The molecule has 20 heavy (non-hydrogen) atoms. The van der Waals surface area contributed by atoms with Gasteiger partial charge in [-0.3, -0.25) is 0 Å². The van der Waals surface area contributed by atoms with Crippen molar-refractivity contribution in [3.63, 3.8) is 0 Å². The highest BCUT2D eigenvalue weighted by Gasteiger charge is 2.16. The zero-order chi connectivity index (χ0) is 14.7. The summed E-state index contributed by atoms with van der Waals surface area (Å²) in [5.41, 5.74) is 8.34. The molecule has 0 aliphatic rings. The maximum absolute atomic E-state index is 11.3. The molecule has 3 N–H and O–H groups in total. The first kappa shape index (κ1) is 13.9. The summed E-state index contributed by atoms with van der Waals surface area (Å²) in [6, 6.07) is 9.41. The fourth-order valence-electron chi connectivity index (χ4n) is 2.05. The van der Waals surface area contributed by atoms with Crippen molar-refractivity contribution in [1.29, 1.82) is 0 Å². The van der Waals surface area contributed by atoms with Gasteiger partial charge >= 0.3 is 5.97 Å². The molecule has 0 saturated heterocycles. The number of carboxylic acids is 1. The van der Waals surface area contributed by atoms with Crippen LogP contribution in [0.25, 0.3) is 0 Å². The highest BCUT2D eigenvalue weighted by atomic mass is 16.4. The molecule has 104 valence electrons. The van der Waals surface area contributed by atoms with Crippen LogP contribution >= 0.6 is 0 Å². The number of benzene rings is 1. The van der Waals surface area contributed by atoms with Crippen LogP contribution in [0.5, 0.6) is 0 Å². The fourth-order valence-corrected chi connectivity index (χ4v) is 2.05. The third kappa shape index (κ3) is 2.88. The maximum Gasteiger partial charge on any atom is 0.339 e. The van der Waals surface area contributed by atoms with Gasteiger partial charge in [0.1, 0.15) is 11.4 Å². The van der Waals surface area contributed by atoms with E-state index in [4.69, 9.17) is 5.73 Å². The third-order valence-electron chi connectivity index (χ3n) is 3.15. The Hall–Kier alpha value is -2.56. The number of nitrogens with two attached hydrogens (primary N) is 1. The quantitative estimate of drug-likeness (QED) is 0.892. The molecule has 1 aromatic heterocycles. The Bertz CT molecular complexity index is 641. The van der Waals surface area contributed by atoms with Gasteiger partial charge in [0.05, 0.1) is 11.9 Å². The molecule has 2 rings (SSSR count). The average molecular weight is 271 g/mol. The number of aromatic nitrogens is 1. The standard InChI is InChI=1S/C15H17N3O2/c1-10-5-3-4-6-11(10)9-18(2)14-13(15(19)20)7-12(16)8-17-14/h3-8H,9,16H2,1-2H3,(H,19,20). The van der Waals surface area contributed by atoms with E-state index in [2.05, 4.69) is 4.98 Å². The molecule has 0 atom stereocenters. The van der Waals surface area contributed by atoms with Crippen LogP contribution < -0.4 is 10.6 Å². The molecule has 0 unspecified atom stereocenters. The van der Waals surface area contributed by atoms with Crippen molar-refractivity contribution in [2.24, 2.45) is 0 Å². The van der Waals surface area contributed by atoms with E-state index >= 15 is 0 Å². The van der Waals surface area contributed by atoms with Crippen molar-refractivity contribution in [2.75, 3.05) is 17.7 Å². The smallest absolute Gasteiger partial charge is 0.339 e. The minimum absolute atomic E-state index is 0.112. The first-order valence-electron chi connectivity index (χ1n) is 6.23. The van der Waals surface area contributed by atoms with Crippen LogP contribution in [0.4, 0.5) is 11.5 Å². The molecule has 0 aliphatic carbocycles. The highest BCUT2D eigenvalue weighted by Crippen LogP contribution is 2.21. The van der Waals surface area contributed by atoms with E-state index in [9.17, 15) is 9.90 Å². The van der Waals surface area contributed by atoms with Gasteiger partial charge in [-0.15, -0.1) is 0 Å². The zero-order valence-corrected chi connectivity index (χ0v) is 11.5. The molecule has 5 nitrogen and oxygen atoms in total. The zero-order valence-electron chi connectivity index (χ0n) is 11.5. The van der Waals surface area contributed by atoms with Gasteiger partial charge in [-0.1, -0.05) is 24.3 Å². The summed E-state index contributed by atoms with van der Waals surface area (Å²) in [7, 11) is 1.82. The van der Waals surface area contributed by atoms with Gasteiger partial charge in [0.2, 0.25) is 0 Å². The maximum atomic E-state index is 11.3. The Balaban J connectivity index is 2.32. The molecule has 0 saturated carbocycles. The second-order valence-electron chi connectivity index (χ2n) is 4.73. The van der Waals surface area contributed by atoms with E-state index in [-0.39, 0.29) is 5.56 Å². The SMILES string of the molecule is Cc1ccccc1CN(C)c1ncc(N)cc1C(=O)O. The molecule has 0 bridgehead atoms. The lowest BCUT2D eigenvalue weighted by molar-refractivity contribution is 0.0697. The third-order valence-corrected chi connectivity index (χ3v) is 3.15. The summed E-state index contributed by atoms with van der Waals surface area (Å²) in [6.07, 6.45) is 1.47. The molecule has 0 amide bonds. The summed E-state index contributed by atoms with van der Waals surface area (Å²) in [6.45, 7) is 2.61. The molecule has 1 aromatic carbocycles. The van der Waals surface area contributed by atoms with Gasteiger partial charge in [-0.25, -0.2) is 9.78 Å². The summed E-state index contributed by atoms with van der Waals surface area (Å²) in [5, 5.41) is 9.24. The molecular formula is C15H17N3O2. The second kappa shape index (κ2) is 5.61. The number of aromatic carboxylic acids is 1. The van der Waals surface area contributed by atoms with E-state index in [1.807, 2.05) is 43.1 Å². The minimum Gasteiger partial charge on any atom is -0.478 e. The van der Waals surface area contributed by atoms with Crippen LogP contribution in [-0.4, -0.2) is 23.1 Å². The average Bonchev–Trinajstić information content (AvgIpc) is 2.41. The van der Waals surface area contributed by atoms with Crippen LogP contribution in [0.3, 0.4) is 0 Å². The predicted molar refractivity (Wildman–Crippen MR) is 78.9 cm³/mol. The number of anilines is 2. The lowest BCUT2D eigenvalue weighted by Crippen LogP contribution is -2.21. The Labute approximate surface area is 117 Å². The van der Waals surface area contributed by atoms with Gasteiger partial charge in [-0.2, -0.15) is 0 Å². The van der Waals surface area contributed by atoms with E-state index in [0.717, 1.165) is 11.1 Å². The Kier molecular flexibility index (Phi) is 3.89. The van der Waals surface area contributed by atoms with E-state index in [1.165, 1.54) is 12.3 Å². The number of rotatable bonds is 4. The lowest BCUT2D eigenvalue weighted by atomic mass is 10.1. The molecule has 0 aliphatic heterocycles. The predicted octanol–water partition coefficient (Wildman–Crippen LogP) is 2.31. The fraction of sp³-hybridized carbons (Fsp3) is 0.200. The number of nitrogens with zero attached hydrogens (tertiary/aromatic N) is 2. The Morgan fingerprint density at radius 1 is 1.40 bits per heavy atom. The summed E-state index contributed by atoms with van der Waals surface area (Å²) < 4.78 is 0. The van der Waals surface area contributed by atoms with E-state index < -0.39 is 5.97 Å². The van der Waals surface area contributed by atoms with Gasteiger partial charge in [0, 0.05) is 13.6 Å². The van der Waals surface area contributed by atoms with Gasteiger partial charge in [0.15, 0.2) is 0 Å². The number of hydrogen-bond acceptors (Lipinski definition) is 4. The molecule has 5 heteroatoms. The summed E-state index contributed by atoms with van der Waals surface area (Å²) >= 11 is 0. The van der Waals surface area contributed by atoms with Crippen molar-refractivity contribution in [3.05, 3.63) is 53.2 Å². The number of nitrogen functional groups attached to an aromatic ring is 1. The van der Waals surface area contributed by atoms with E-state index in [0.29, 0.717) is 18.1 Å². The molecule has 0 radical (unpaired) electrons. The van der Waals surface area contributed by atoms with Crippen LogP contribution in [-0.2, 0) is 6.54 Å². The van der Waals surface area contributed by atoms with Crippen molar-refractivity contribution < 1.29 is 9.90 Å². The van der Waals surface area contributed by atoms with Crippen LogP contribution in [0.1, 0.15) is 21.5 Å². The van der Waals surface area contributed by atoms with Crippen molar-refractivity contribution >= 4 is 17.5 Å². The molecule has 2 aromatic rings. The molecule has 0 fully saturated rings. The highest BCUT2D eigenvalue weighted by molar-refractivity contribution is 5.94. The largest absolute Gasteiger partial charge is 0.478 e. The van der Waals surface area contributed by atoms with Gasteiger partial charge < -0.3 is 15.7 Å². The number of carbonyl (C=O) groups is 1. The Morgan fingerprint density at radius 2 is 2.10 bits per heavy atom. The lowest BCUT2D eigenvalue weighted by Gasteiger charge is -2.21. The van der Waals surface area contributed by atoms with Gasteiger partial charge in [0.25, 0.3) is 0 Å². The number of aryl methyl sites for hydroxylation is 1. The minimum atomic E-state index is -1.03. The normalized spacial score (nSPS) is 10.3. The first-order valence-corrected chi connectivity index (χ1v) is 6.23. The molecule has 1 heterocycles. The monoisotopic (exact) mass is 271 g/mol. The Morgan fingerprint density at radius 3 is 2.75 bits per heavy atom. The number of pyridine rings is 1. The summed E-state index contributed by atoms with van der Waals surface area (Å²) in [5.74, 6) is -0.619. The van der Waals surface area contributed by atoms with Crippen molar-refractivity contribution in [1.82, 2.24) is 4.98 Å².